The van der Waals surface area contributed by atoms with Crippen molar-refractivity contribution in [2.45, 2.75) is 13.3 Å². The molecule has 19 heavy (non-hydrogen) atoms. The van der Waals surface area contributed by atoms with Gasteiger partial charge in [-0.2, -0.15) is 0 Å². The predicted molar refractivity (Wildman–Crippen MR) is 82.8 cm³/mol. The molecule has 0 saturated heterocycles. The molecule has 0 atom stereocenters. The minimum atomic E-state index is -0.346. The maximum absolute atomic E-state index is 11.9. The predicted octanol–water partition coefficient (Wildman–Crippen LogP) is 3.28. The van der Waals surface area contributed by atoms with Crippen molar-refractivity contribution in [1.82, 2.24) is 5.32 Å². The Labute approximate surface area is 134 Å². The van der Waals surface area contributed by atoms with Crippen molar-refractivity contribution in [2.24, 2.45) is 0 Å². The first-order chi connectivity index (χ1) is 8.95. The minimum Gasteiger partial charge on any atom is -0.466 e. The van der Waals surface area contributed by atoms with Crippen LogP contribution < -0.4 is 5.32 Å². The summed E-state index contributed by atoms with van der Waals surface area (Å²) in [5, 5.41) is 3.43. The van der Waals surface area contributed by atoms with E-state index in [4.69, 9.17) is 27.9 Å². The molecule has 1 amide bonds. The lowest BCUT2D eigenvalue weighted by Crippen LogP contribution is -2.27. The molecule has 4 nitrogen and oxygen atoms in total. The van der Waals surface area contributed by atoms with Gasteiger partial charge in [-0.15, -0.1) is 0 Å². The van der Waals surface area contributed by atoms with Gasteiger partial charge in [0.25, 0.3) is 5.91 Å². The Hall–Kier alpha value is -0.530. The van der Waals surface area contributed by atoms with Crippen LogP contribution in [0.5, 0.6) is 0 Å². The summed E-state index contributed by atoms with van der Waals surface area (Å²) in [6.45, 7) is 2.26. The second-order valence-electron chi connectivity index (χ2n) is 3.56. The second kappa shape index (κ2) is 7.91. The van der Waals surface area contributed by atoms with Crippen LogP contribution in [0.3, 0.4) is 0 Å². The van der Waals surface area contributed by atoms with Crippen molar-refractivity contribution in [3.63, 3.8) is 0 Å². The number of halogens is 3. The number of esters is 1. The highest BCUT2D eigenvalue weighted by molar-refractivity contribution is 14.1. The Morgan fingerprint density at radius 1 is 1.37 bits per heavy atom. The fraction of sp³-hybridized carbons (Fsp3) is 0.333. The van der Waals surface area contributed by atoms with Crippen LogP contribution in [-0.4, -0.2) is 25.0 Å². The minimum absolute atomic E-state index is 0.129. The van der Waals surface area contributed by atoms with Gasteiger partial charge >= 0.3 is 5.97 Å². The summed E-state index contributed by atoms with van der Waals surface area (Å²) in [6.07, 6.45) is 0.129. The summed E-state index contributed by atoms with van der Waals surface area (Å²) >= 11 is 13.8. The second-order valence-corrected chi connectivity index (χ2v) is 5.48. The highest BCUT2D eigenvalue weighted by Crippen LogP contribution is 2.26. The summed E-state index contributed by atoms with van der Waals surface area (Å²) < 4.78 is 5.38. The first-order valence-corrected chi connectivity index (χ1v) is 7.37. The third kappa shape index (κ3) is 5.16. The van der Waals surface area contributed by atoms with Crippen molar-refractivity contribution < 1.29 is 14.3 Å². The van der Waals surface area contributed by atoms with Gasteiger partial charge in [-0.05, 0) is 41.6 Å². The van der Waals surface area contributed by atoms with E-state index in [1.165, 1.54) is 6.07 Å². The third-order valence-electron chi connectivity index (χ3n) is 2.16. The molecule has 1 aromatic rings. The maximum Gasteiger partial charge on any atom is 0.307 e. The maximum atomic E-state index is 11.9. The Kier molecular flexibility index (Phi) is 6.88. The van der Waals surface area contributed by atoms with Gasteiger partial charge in [0.1, 0.15) is 0 Å². The Balaban J connectivity index is 2.62. The van der Waals surface area contributed by atoms with E-state index >= 15 is 0 Å². The summed E-state index contributed by atoms with van der Waals surface area (Å²) in [5.74, 6) is -0.667. The molecule has 0 aliphatic heterocycles. The smallest absolute Gasteiger partial charge is 0.307 e. The van der Waals surface area contributed by atoms with Crippen LogP contribution in [0.1, 0.15) is 23.7 Å². The van der Waals surface area contributed by atoms with Crippen molar-refractivity contribution in [3.8, 4) is 0 Å². The molecule has 0 heterocycles. The summed E-state index contributed by atoms with van der Waals surface area (Å²) in [5.41, 5.74) is 0.391. The topological polar surface area (TPSA) is 55.4 Å². The van der Waals surface area contributed by atoms with Gasteiger partial charge in [-0.3, -0.25) is 9.59 Å². The summed E-state index contributed by atoms with van der Waals surface area (Å²) in [7, 11) is 0. The molecule has 7 heteroatoms. The first kappa shape index (κ1) is 16.5. The monoisotopic (exact) mass is 415 g/mol. The molecular formula is C12H12Cl2INO3. The Morgan fingerprint density at radius 2 is 2.05 bits per heavy atom. The van der Waals surface area contributed by atoms with E-state index in [2.05, 4.69) is 5.32 Å². The van der Waals surface area contributed by atoms with E-state index in [1.807, 2.05) is 22.6 Å². The molecule has 0 unspecified atom stereocenters. The molecular weight excluding hydrogens is 404 g/mol. The van der Waals surface area contributed by atoms with E-state index in [-0.39, 0.29) is 24.8 Å². The zero-order valence-corrected chi connectivity index (χ0v) is 13.8. The molecule has 1 rings (SSSR count). The van der Waals surface area contributed by atoms with Gasteiger partial charge in [-0.1, -0.05) is 23.2 Å². The molecule has 0 aliphatic carbocycles. The lowest BCUT2D eigenvalue weighted by atomic mass is 10.2. The van der Waals surface area contributed by atoms with Crippen molar-refractivity contribution in [1.29, 1.82) is 0 Å². The molecule has 104 valence electrons. The Morgan fingerprint density at radius 3 is 2.68 bits per heavy atom. The Bertz CT molecular complexity index is 494. The van der Waals surface area contributed by atoms with E-state index in [0.717, 1.165) is 0 Å². The zero-order chi connectivity index (χ0) is 14.4. The highest BCUT2D eigenvalue weighted by atomic mass is 127. The number of hydrogen-bond donors (Lipinski definition) is 1. The van der Waals surface area contributed by atoms with Crippen LogP contribution in [0.4, 0.5) is 0 Å². The van der Waals surface area contributed by atoms with Crippen molar-refractivity contribution >= 4 is 57.7 Å². The summed E-state index contributed by atoms with van der Waals surface area (Å²) in [6, 6.07) is 3.11. The molecule has 1 N–H and O–H groups in total. The van der Waals surface area contributed by atoms with Crippen LogP contribution in [0, 0.1) is 3.57 Å². The fourth-order valence-electron chi connectivity index (χ4n) is 1.33. The number of rotatable bonds is 5. The van der Waals surface area contributed by atoms with Gasteiger partial charge in [0.05, 0.1) is 23.6 Å². The number of carbonyl (C=O) groups excluding carboxylic acids is 2. The first-order valence-electron chi connectivity index (χ1n) is 5.54. The lowest BCUT2D eigenvalue weighted by molar-refractivity contribution is -0.142. The number of benzene rings is 1. The van der Waals surface area contributed by atoms with E-state index < -0.39 is 0 Å². The number of hydrogen-bond acceptors (Lipinski definition) is 3. The van der Waals surface area contributed by atoms with Crippen LogP contribution >= 0.6 is 45.8 Å². The number of nitrogens with one attached hydrogen (secondary N) is 1. The van der Waals surface area contributed by atoms with E-state index in [9.17, 15) is 9.59 Å². The molecule has 0 bridgehead atoms. The molecule has 0 saturated carbocycles. The standard InChI is InChI=1S/C12H12Cl2INO3/c1-2-19-10(17)3-4-16-12(18)8-5-7(13)6-9(14)11(8)15/h5-6H,2-4H2,1H3,(H,16,18). The zero-order valence-electron chi connectivity index (χ0n) is 10.1. The summed E-state index contributed by atoms with van der Waals surface area (Å²) in [4.78, 5) is 23.0. The third-order valence-corrected chi connectivity index (χ3v) is 4.15. The van der Waals surface area contributed by atoms with E-state index in [1.54, 1.807) is 13.0 Å². The molecule has 0 radical (unpaired) electrons. The van der Waals surface area contributed by atoms with Gasteiger partial charge in [0.15, 0.2) is 0 Å². The van der Waals surface area contributed by atoms with Crippen LogP contribution in [0.2, 0.25) is 10.0 Å². The van der Waals surface area contributed by atoms with E-state index in [0.29, 0.717) is 25.8 Å². The van der Waals surface area contributed by atoms with Gasteiger partial charge in [0, 0.05) is 15.1 Å². The van der Waals surface area contributed by atoms with Crippen molar-refractivity contribution in [3.05, 3.63) is 31.3 Å². The number of ether oxygens (including phenoxy) is 1. The van der Waals surface area contributed by atoms with Crippen LogP contribution in [0.15, 0.2) is 12.1 Å². The number of amides is 1. The van der Waals surface area contributed by atoms with Crippen LogP contribution in [-0.2, 0) is 9.53 Å². The molecule has 1 aromatic carbocycles. The molecule has 0 aromatic heterocycles. The molecule has 0 aliphatic rings. The molecule has 0 spiro atoms. The molecule has 0 fully saturated rings. The lowest BCUT2D eigenvalue weighted by Gasteiger charge is -2.08. The fourth-order valence-corrected chi connectivity index (χ4v) is 2.38. The SMILES string of the molecule is CCOC(=O)CCNC(=O)c1cc(Cl)cc(Cl)c1I. The normalized spacial score (nSPS) is 10.1. The van der Waals surface area contributed by atoms with Gasteiger partial charge < -0.3 is 10.1 Å². The van der Waals surface area contributed by atoms with Gasteiger partial charge in [0.2, 0.25) is 0 Å². The van der Waals surface area contributed by atoms with Gasteiger partial charge in [-0.25, -0.2) is 0 Å². The average molecular weight is 416 g/mol. The highest BCUT2D eigenvalue weighted by Gasteiger charge is 2.14. The largest absolute Gasteiger partial charge is 0.466 e. The number of carbonyl (C=O) groups is 2. The quantitative estimate of drug-likeness (QED) is 0.456. The van der Waals surface area contributed by atoms with Crippen LogP contribution in [0.25, 0.3) is 0 Å². The van der Waals surface area contributed by atoms with Crippen molar-refractivity contribution in [2.75, 3.05) is 13.2 Å². The average Bonchev–Trinajstić information content (AvgIpc) is 2.33.